The Hall–Kier alpha value is -0.410. The Bertz CT molecular complexity index is 74.5. The van der Waals surface area contributed by atoms with Gasteiger partial charge in [-0.2, -0.15) is 0 Å². The van der Waals surface area contributed by atoms with Crippen molar-refractivity contribution in [1.82, 2.24) is 0 Å². The Morgan fingerprint density at radius 3 is 2.27 bits per heavy atom. The minimum Gasteiger partial charge on any atom is -0.320 e. The predicted octanol–water partition coefficient (Wildman–Crippen LogP) is 1.74. The fourth-order valence-electron chi connectivity index (χ4n) is 0.780. The SMILES string of the molecule is CC(C)CCCCC=O.NO. The molecule has 3 N–H and O–H groups in total. The van der Waals surface area contributed by atoms with E-state index >= 15 is 0 Å². The van der Waals surface area contributed by atoms with Gasteiger partial charge in [-0.3, -0.25) is 0 Å². The Morgan fingerprint density at radius 2 is 1.91 bits per heavy atom. The molecule has 0 radical (unpaired) electrons. The van der Waals surface area contributed by atoms with Gasteiger partial charge >= 0.3 is 0 Å². The first-order chi connectivity index (χ1) is 5.27. The number of carbonyl (C=O) groups is 1. The molecule has 0 aromatic rings. The Kier molecular flexibility index (Phi) is 14.7. The van der Waals surface area contributed by atoms with Crippen LogP contribution in [0, 0.1) is 5.92 Å². The van der Waals surface area contributed by atoms with Crippen LogP contribution in [0.4, 0.5) is 0 Å². The van der Waals surface area contributed by atoms with Gasteiger partial charge in [0.05, 0.1) is 0 Å². The van der Waals surface area contributed by atoms with Gasteiger partial charge in [0.2, 0.25) is 0 Å². The molecule has 0 unspecified atom stereocenters. The summed E-state index contributed by atoms with van der Waals surface area (Å²) in [5.41, 5.74) is 0. The molecule has 0 spiro atoms. The molecule has 0 heterocycles. The zero-order valence-electron chi connectivity index (χ0n) is 7.42. The normalized spacial score (nSPS) is 8.82. The van der Waals surface area contributed by atoms with Crippen molar-refractivity contribution < 1.29 is 10.0 Å². The fraction of sp³-hybridized carbons (Fsp3) is 0.875. The van der Waals surface area contributed by atoms with Gasteiger partial charge in [0.1, 0.15) is 6.29 Å². The van der Waals surface area contributed by atoms with Gasteiger partial charge in [-0.15, -0.1) is 0 Å². The first kappa shape index (κ1) is 13.2. The lowest BCUT2D eigenvalue weighted by Crippen LogP contribution is -1.86. The molecule has 0 amide bonds. The zero-order chi connectivity index (χ0) is 9.11. The van der Waals surface area contributed by atoms with Gasteiger partial charge in [0.15, 0.2) is 0 Å². The molecule has 0 atom stereocenters. The Labute approximate surface area is 68.5 Å². The van der Waals surface area contributed by atoms with Crippen molar-refractivity contribution in [1.29, 1.82) is 0 Å². The summed E-state index contributed by atoms with van der Waals surface area (Å²) in [4.78, 5) is 9.85. The first-order valence-corrected chi connectivity index (χ1v) is 3.97. The van der Waals surface area contributed by atoms with Gasteiger partial charge < -0.3 is 10.0 Å². The van der Waals surface area contributed by atoms with E-state index in [2.05, 4.69) is 19.7 Å². The average Bonchev–Trinajstić information content (AvgIpc) is 2.02. The predicted molar refractivity (Wildman–Crippen MR) is 45.3 cm³/mol. The van der Waals surface area contributed by atoms with Crippen LogP contribution in [0.1, 0.15) is 39.5 Å². The van der Waals surface area contributed by atoms with Gasteiger partial charge in [-0.05, 0) is 12.3 Å². The number of nitrogens with two attached hydrogens (primary N) is 1. The molecule has 0 rings (SSSR count). The van der Waals surface area contributed by atoms with E-state index in [0.29, 0.717) is 0 Å². The van der Waals surface area contributed by atoms with Gasteiger partial charge in [-0.1, -0.05) is 26.7 Å². The minimum absolute atomic E-state index is 0.743. The molecule has 0 aliphatic rings. The Balaban J connectivity index is 0. The number of hydrogen-bond acceptors (Lipinski definition) is 3. The summed E-state index contributed by atoms with van der Waals surface area (Å²) in [6.45, 7) is 4.42. The Morgan fingerprint density at radius 1 is 1.36 bits per heavy atom. The maximum Gasteiger partial charge on any atom is 0.119 e. The van der Waals surface area contributed by atoms with Crippen molar-refractivity contribution >= 4 is 6.29 Å². The number of unbranched alkanes of at least 4 members (excludes halogenated alkanes) is 2. The molecule has 0 saturated heterocycles. The number of aldehydes is 1. The van der Waals surface area contributed by atoms with E-state index in [9.17, 15) is 4.79 Å². The van der Waals surface area contributed by atoms with E-state index < -0.39 is 0 Å². The summed E-state index contributed by atoms with van der Waals surface area (Å²) in [5, 5.41) is 6.50. The molecule has 0 fully saturated rings. The highest BCUT2D eigenvalue weighted by Gasteiger charge is 1.92. The number of hydrogen-bond donors (Lipinski definition) is 2. The molecule has 0 aromatic carbocycles. The van der Waals surface area contributed by atoms with E-state index in [4.69, 9.17) is 5.21 Å². The highest BCUT2D eigenvalue weighted by molar-refractivity contribution is 5.48. The van der Waals surface area contributed by atoms with Crippen LogP contribution in [0.15, 0.2) is 0 Å². The van der Waals surface area contributed by atoms with E-state index in [-0.39, 0.29) is 0 Å². The zero-order valence-corrected chi connectivity index (χ0v) is 7.42. The van der Waals surface area contributed by atoms with E-state index in [1.54, 1.807) is 0 Å². The van der Waals surface area contributed by atoms with Crippen molar-refractivity contribution in [2.45, 2.75) is 39.5 Å². The molecule has 3 heteroatoms. The van der Waals surface area contributed by atoms with Crippen molar-refractivity contribution in [3.63, 3.8) is 0 Å². The van der Waals surface area contributed by atoms with Crippen LogP contribution >= 0.6 is 0 Å². The van der Waals surface area contributed by atoms with Crippen molar-refractivity contribution in [3.8, 4) is 0 Å². The standard InChI is InChI=1S/C8H16O.H3NO/c1-8(2)6-4-3-5-7-9;1-2/h7-8H,3-6H2,1-2H3;2H,1H2. The van der Waals surface area contributed by atoms with Crippen molar-refractivity contribution in [3.05, 3.63) is 0 Å². The van der Waals surface area contributed by atoms with Crippen LogP contribution in [0.25, 0.3) is 0 Å². The largest absolute Gasteiger partial charge is 0.320 e. The topological polar surface area (TPSA) is 63.3 Å². The first-order valence-electron chi connectivity index (χ1n) is 3.97. The smallest absolute Gasteiger partial charge is 0.119 e. The van der Waals surface area contributed by atoms with Crippen LogP contribution in [0.2, 0.25) is 0 Å². The summed E-state index contributed by atoms with van der Waals surface area (Å²) in [5.74, 6) is 4.29. The molecule has 0 aliphatic heterocycles. The van der Waals surface area contributed by atoms with E-state index in [0.717, 1.165) is 25.0 Å². The molecule has 0 aromatic heterocycles. The quantitative estimate of drug-likeness (QED) is 0.366. The second-order valence-corrected chi connectivity index (χ2v) is 2.84. The highest BCUT2D eigenvalue weighted by Crippen LogP contribution is 2.06. The number of rotatable bonds is 5. The van der Waals surface area contributed by atoms with Crippen LogP contribution in [0.5, 0.6) is 0 Å². The van der Waals surface area contributed by atoms with Crippen molar-refractivity contribution in [2.24, 2.45) is 11.8 Å². The van der Waals surface area contributed by atoms with Crippen LogP contribution in [0.3, 0.4) is 0 Å². The lowest BCUT2D eigenvalue weighted by atomic mass is 10.1. The monoisotopic (exact) mass is 161 g/mol. The molecular weight excluding hydrogens is 142 g/mol. The second kappa shape index (κ2) is 12.3. The second-order valence-electron chi connectivity index (χ2n) is 2.84. The summed E-state index contributed by atoms with van der Waals surface area (Å²) in [6, 6.07) is 0. The van der Waals surface area contributed by atoms with E-state index in [1.165, 1.54) is 12.8 Å². The molecule has 11 heavy (non-hydrogen) atoms. The van der Waals surface area contributed by atoms with Gasteiger partial charge in [0.25, 0.3) is 0 Å². The third-order valence-electron chi connectivity index (χ3n) is 1.35. The minimum atomic E-state index is 0.743. The highest BCUT2D eigenvalue weighted by atomic mass is 16.4. The molecule has 68 valence electrons. The lowest BCUT2D eigenvalue weighted by Gasteiger charge is -2.00. The molecule has 0 aliphatic carbocycles. The summed E-state index contributed by atoms with van der Waals surface area (Å²) in [6.07, 6.45) is 5.28. The van der Waals surface area contributed by atoms with Gasteiger partial charge in [-0.25, -0.2) is 5.90 Å². The van der Waals surface area contributed by atoms with Crippen LogP contribution in [-0.4, -0.2) is 11.5 Å². The summed E-state index contributed by atoms with van der Waals surface area (Å²) < 4.78 is 0. The molecule has 0 saturated carbocycles. The maximum absolute atomic E-state index is 9.85. The molecular formula is C8H19NO2. The van der Waals surface area contributed by atoms with Gasteiger partial charge in [0, 0.05) is 6.42 Å². The maximum atomic E-state index is 9.85. The summed E-state index contributed by atoms with van der Waals surface area (Å²) >= 11 is 0. The third kappa shape index (κ3) is 17.7. The van der Waals surface area contributed by atoms with E-state index in [1.807, 2.05) is 0 Å². The lowest BCUT2D eigenvalue weighted by molar-refractivity contribution is -0.107. The third-order valence-corrected chi connectivity index (χ3v) is 1.35. The molecule has 0 bridgehead atoms. The summed E-state index contributed by atoms with van der Waals surface area (Å²) in [7, 11) is 0. The fourth-order valence-corrected chi connectivity index (χ4v) is 0.780. The molecule has 3 nitrogen and oxygen atoms in total. The van der Waals surface area contributed by atoms with Crippen LogP contribution < -0.4 is 5.90 Å². The van der Waals surface area contributed by atoms with Crippen LogP contribution in [-0.2, 0) is 4.79 Å². The number of carbonyl (C=O) groups excluding carboxylic acids is 1. The average molecular weight is 161 g/mol. The van der Waals surface area contributed by atoms with Crippen molar-refractivity contribution in [2.75, 3.05) is 0 Å².